The number of sulfonamides is 1. The number of carboxylic acids is 1. The highest BCUT2D eigenvalue weighted by molar-refractivity contribution is 7.89. The lowest BCUT2D eigenvalue weighted by Crippen LogP contribution is -2.31. The van der Waals surface area contributed by atoms with Crippen LogP contribution in [0.4, 0.5) is 0 Å². The number of benzene rings is 1. The average Bonchev–Trinajstić information content (AvgIpc) is 2.97. The Hall–Kier alpha value is -2.65. The molecule has 1 amide bonds. The van der Waals surface area contributed by atoms with Crippen LogP contribution in [0.3, 0.4) is 0 Å². The maximum atomic E-state index is 12.6. The monoisotopic (exact) mass is 379 g/mol. The molecule has 1 heterocycles. The van der Waals surface area contributed by atoms with Gasteiger partial charge in [0.1, 0.15) is 10.6 Å². The van der Waals surface area contributed by atoms with Crippen molar-refractivity contribution in [3.8, 4) is 0 Å². The van der Waals surface area contributed by atoms with Crippen molar-refractivity contribution in [1.82, 2.24) is 14.2 Å². The molecule has 0 fully saturated rings. The van der Waals surface area contributed by atoms with Gasteiger partial charge in [0.2, 0.25) is 10.0 Å². The van der Waals surface area contributed by atoms with Crippen molar-refractivity contribution in [3.05, 3.63) is 53.9 Å². The Bertz CT molecular complexity index is 904. The van der Waals surface area contributed by atoms with Crippen molar-refractivity contribution < 1.29 is 23.1 Å². The minimum Gasteiger partial charge on any atom is -0.481 e. The van der Waals surface area contributed by atoms with Crippen molar-refractivity contribution in [2.45, 2.75) is 17.4 Å². The van der Waals surface area contributed by atoms with Gasteiger partial charge in [0, 0.05) is 27.3 Å². The standard InChI is InChI=1S/C17H21N3O5S/c1-19(2)26(24,25)13-9-15(20(3)11-13)17(23)18-14(10-16(21)22)12-7-5-4-6-8-12/h4-9,11,14H,10H2,1-3H3,(H,18,23)(H,21,22). The normalized spacial score (nSPS) is 12.8. The lowest BCUT2D eigenvalue weighted by molar-refractivity contribution is -0.137. The number of hydrogen-bond acceptors (Lipinski definition) is 4. The van der Waals surface area contributed by atoms with E-state index < -0.39 is 27.9 Å². The van der Waals surface area contributed by atoms with E-state index in [1.54, 1.807) is 37.4 Å². The van der Waals surface area contributed by atoms with Crippen LogP contribution >= 0.6 is 0 Å². The second kappa shape index (κ2) is 7.71. The van der Waals surface area contributed by atoms with E-state index in [0.29, 0.717) is 5.56 Å². The number of rotatable bonds is 7. The van der Waals surface area contributed by atoms with Gasteiger partial charge in [-0.3, -0.25) is 9.59 Å². The van der Waals surface area contributed by atoms with Gasteiger partial charge >= 0.3 is 5.97 Å². The van der Waals surface area contributed by atoms with Crippen molar-refractivity contribution >= 4 is 21.9 Å². The zero-order valence-corrected chi connectivity index (χ0v) is 15.5. The van der Waals surface area contributed by atoms with E-state index in [9.17, 15) is 18.0 Å². The fourth-order valence-corrected chi connectivity index (χ4v) is 3.43. The van der Waals surface area contributed by atoms with Gasteiger partial charge in [-0.25, -0.2) is 12.7 Å². The molecule has 8 nitrogen and oxygen atoms in total. The van der Waals surface area contributed by atoms with Crippen LogP contribution in [-0.4, -0.2) is 48.4 Å². The number of amides is 1. The second-order valence-corrected chi connectivity index (χ2v) is 8.15. The number of carbonyl (C=O) groups is 2. The van der Waals surface area contributed by atoms with Gasteiger partial charge in [-0.2, -0.15) is 0 Å². The Morgan fingerprint density at radius 1 is 1.23 bits per heavy atom. The van der Waals surface area contributed by atoms with Gasteiger partial charge in [0.15, 0.2) is 0 Å². The van der Waals surface area contributed by atoms with E-state index in [1.807, 2.05) is 0 Å². The van der Waals surface area contributed by atoms with Gasteiger partial charge in [0.25, 0.3) is 5.91 Å². The van der Waals surface area contributed by atoms with Crippen molar-refractivity contribution in [1.29, 1.82) is 0 Å². The van der Waals surface area contributed by atoms with E-state index in [1.165, 1.54) is 30.9 Å². The van der Waals surface area contributed by atoms with Gasteiger partial charge < -0.3 is 15.0 Å². The molecule has 9 heteroatoms. The molecule has 2 rings (SSSR count). The summed E-state index contributed by atoms with van der Waals surface area (Å²) >= 11 is 0. The zero-order valence-electron chi connectivity index (χ0n) is 14.7. The molecule has 2 N–H and O–H groups in total. The third-order valence-electron chi connectivity index (χ3n) is 3.88. The highest BCUT2D eigenvalue weighted by Gasteiger charge is 2.24. The molecular weight excluding hydrogens is 358 g/mol. The summed E-state index contributed by atoms with van der Waals surface area (Å²) < 4.78 is 26.9. The molecule has 26 heavy (non-hydrogen) atoms. The lowest BCUT2D eigenvalue weighted by Gasteiger charge is -2.17. The van der Waals surface area contributed by atoms with E-state index in [2.05, 4.69) is 5.32 Å². The van der Waals surface area contributed by atoms with Crippen LogP contribution in [-0.2, 0) is 21.9 Å². The number of hydrogen-bond donors (Lipinski definition) is 2. The Kier molecular flexibility index (Phi) is 5.83. The number of aliphatic carboxylic acids is 1. The molecule has 0 bridgehead atoms. The van der Waals surface area contributed by atoms with Gasteiger partial charge in [-0.15, -0.1) is 0 Å². The van der Waals surface area contributed by atoms with Crippen LogP contribution in [0.15, 0.2) is 47.5 Å². The fourth-order valence-electron chi connectivity index (χ4n) is 2.46. The molecule has 0 spiro atoms. The predicted molar refractivity (Wildman–Crippen MR) is 95.2 cm³/mol. The fraction of sp³-hybridized carbons (Fsp3) is 0.294. The predicted octanol–water partition coefficient (Wildman–Crippen LogP) is 1.22. The highest BCUT2D eigenvalue weighted by atomic mass is 32.2. The molecule has 0 aliphatic carbocycles. The van der Waals surface area contributed by atoms with Crippen LogP contribution in [0.5, 0.6) is 0 Å². The molecule has 2 aromatic rings. The first-order valence-corrected chi connectivity index (χ1v) is 9.23. The van der Waals surface area contributed by atoms with E-state index >= 15 is 0 Å². The minimum atomic E-state index is -3.67. The Morgan fingerprint density at radius 3 is 2.38 bits per heavy atom. The smallest absolute Gasteiger partial charge is 0.305 e. The Balaban J connectivity index is 2.30. The van der Waals surface area contributed by atoms with Crippen molar-refractivity contribution in [3.63, 3.8) is 0 Å². The van der Waals surface area contributed by atoms with Crippen LogP contribution in [0.25, 0.3) is 0 Å². The summed E-state index contributed by atoms with van der Waals surface area (Å²) in [5.41, 5.74) is 0.773. The third-order valence-corrected chi connectivity index (χ3v) is 5.66. The molecule has 0 saturated heterocycles. The number of aryl methyl sites for hydroxylation is 1. The number of carbonyl (C=O) groups excluding carboxylic acids is 1. The largest absolute Gasteiger partial charge is 0.481 e. The van der Waals surface area contributed by atoms with Gasteiger partial charge in [-0.05, 0) is 11.6 Å². The minimum absolute atomic E-state index is 0.00959. The molecule has 1 aromatic carbocycles. The Morgan fingerprint density at radius 2 is 1.85 bits per heavy atom. The molecule has 1 aromatic heterocycles. The van der Waals surface area contributed by atoms with Crippen LogP contribution in [0, 0.1) is 0 Å². The molecule has 0 aliphatic rings. The topological polar surface area (TPSA) is 109 Å². The SMILES string of the molecule is CN(C)S(=O)(=O)c1cc(C(=O)NC(CC(=O)O)c2ccccc2)n(C)c1. The molecule has 140 valence electrons. The summed E-state index contributed by atoms with van der Waals surface area (Å²) in [5, 5.41) is 11.8. The summed E-state index contributed by atoms with van der Waals surface area (Å²) in [5.74, 6) is -1.61. The summed E-state index contributed by atoms with van der Waals surface area (Å²) in [6.07, 6.45) is 1.06. The second-order valence-electron chi connectivity index (χ2n) is 5.99. The zero-order chi connectivity index (χ0) is 19.5. The lowest BCUT2D eigenvalue weighted by atomic mass is 10.0. The van der Waals surface area contributed by atoms with Crippen molar-refractivity contribution in [2.24, 2.45) is 7.05 Å². The maximum absolute atomic E-state index is 12.6. The molecular formula is C17H21N3O5S. The maximum Gasteiger partial charge on any atom is 0.305 e. The number of nitrogens with one attached hydrogen (secondary N) is 1. The number of nitrogens with zero attached hydrogens (tertiary/aromatic N) is 2. The number of aromatic nitrogens is 1. The molecule has 1 atom stereocenters. The highest BCUT2D eigenvalue weighted by Crippen LogP contribution is 2.20. The van der Waals surface area contributed by atoms with Gasteiger partial charge in [-0.1, -0.05) is 30.3 Å². The summed E-state index contributed by atoms with van der Waals surface area (Å²) in [6.45, 7) is 0. The van der Waals surface area contributed by atoms with Crippen LogP contribution in [0.2, 0.25) is 0 Å². The van der Waals surface area contributed by atoms with E-state index in [0.717, 1.165) is 4.31 Å². The van der Waals surface area contributed by atoms with Crippen LogP contribution < -0.4 is 5.32 Å². The number of carboxylic acid groups (broad SMARTS) is 1. The van der Waals surface area contributed by atoms with E-state index in [4.69, 9.17) is 5.11 Å². The van der Waals surface area contributed by atoms with Crippen molar-refractivity contribution in [2.75, 3.05) is 14.1 Å². The summed E-state index contributed by atoms with van der Waals surface area (Å²) in [6, 6.07) is 9.28. The third kappa shape index (κ3) is 4.30. The average molecular weight is 379 g/mol. The molecule has 1 unspecified atom stereocenters. The first-order valence-electron chi connectivity index (χ1n) is 7.79. The quantitative estimate of drug-likeness (QED) is 0.752. The van der Waals surface area contributed by atoms with E-state index in [-0.39, 0.29) is 17.0 Å². The Labute approximate surface area is 152 Å². The van der Waals surface area contributed by atoms with Gasteiger partial charge in [0.05, 0.1) is 12.5 Å². The molecule has 0 radical (unpaired) electrons. The van der Waals surface area contributed by atoms with Crippen LogP contribution in [0.1, 0.15) is 28.5 Å². The summed E-state index contributed by atoms with van der Waals surface area (Å²) in [7, 11) is 0.687. The first kappa shape index (κ1) is 19.7. The summed E-state index contributed by atoms with van der Waals surface area (Å²) in [4.78, 5) is 23.7. The first-order chi connectivity index (χ1) is 12.1. The molecule has 0 aliphatic heterocycles. The molecule has 0 saturated carbocycles.